The van der Waals surface area contributed by atoms with Crippen LogP contribution in [0, 0.1) is 6.92 Å². The molecule has 66 valence electrons. The standard InChI is InChI=1S/C10H13ClO/c1-8-7-10(11)4-3-9(8)5-6-12-2/h3-4,7H,5-6H2,1-2H3. The van der Waals surface area contributed by atoms with Crippen LogP contribution in [0.5, 0.6) is 0 Å². The van der Waals surface area contributed by atoms with Gasteiger partial charge in [0, 0.05) is 12.1 Å². The summed E-state index contributed by atoms with van der Waals surface area (Å²) >= 11 is 5.82. The largest absolute Gasteiger partial charge is 0.384 e. The van der Waals surface area contributed by atoms with Crippen LogP contribution in [0.4, 0.5) is 0 Å². The zero-order valence-electron chi connectivity index (χ0n) is 7.43. The van der Waals surface area contributed by atoms with E-state index in [4.69, 9.17) is 16.3 Å². The molecule has 0 atom stereocenters. The summed E-state index contributed by atoms with van der Waals surface area (Å²) in [6.45, 7) is 2.83. The molecule has 0 saturated heterocycles. The van der Waals surface area contributed by atoms with Gasteiger partial charge < -0.3 is 4.74 Å². The van der Waals surface area contributed by atoms with Crippen molar-refractivity contribution < 1.29 is 4.74 Å². The van der Waals surface area contributed by atoms with Crippen molar-refractivity contribution in [2.75, 3.05) is 13.7 Å². The normalized spacial score (nSPS) is 10.2. The van der Waals surface area contributed by atoms with Gasteiger partial charge in [-0.3, -0.25) is 0 Å². The van der Waals surface area contributed by atoms with E-state index in [2.05, 4.69) is 13.0 Å². The first-order valence-corrected chi connectivity index (χ1v) is 4.36. The molecule has 0 aliphatic heterocycles. The Hall–Kier alpha value is -0.530. The van der Waals surface area contributed by atoms with Gasteiger partial charge in [-0.25, -0.2) is 0 Å². The van der Waals surface area contributed by atoms with E-state index in [9.17, 15) is 0 Å². The maximum absolute atomic E-state index is 5.82. The van der Waals surface area contributed by atoms with Crippen molar-refractivity contribution >= 4 is 11.6 Å². The molecule has 0 aliphatic carbocycles. The molecule has 0 fully saturated rings. The van der Waals surface area contributed by atoms with Crippen molar-refractivity contribution in [1.29, 1.82) is 0 Å². The van der Waals surface area contributed by atoms with E-state index in [1.165, 1.54) is 11.1 Å². The molecular weight excluding hydrogens is 172 g/mol. The predicted octanol–water partition coefficient (Wildman–Crippen LogP) is 2.84. The second-order valence-electron chi connectivity index (χ2n) is 2.81. The van der Waals surface area contributed by atoms with Crippen LogP contribution in [0.15, 0.2) is 18.2 Å². The summed E-state index contributed by atoms with van der Waals surface area (Å²) in [5.74, 6) is 0. The van der Waals surface area contributed by atoms with Gasteiger partial charge in [-0.2, -0.15) is 0 Å². The van der Waals surface area contributed by atoms with E-state index >= 15 is 0 Å². The Bertz CT molecular complexity index is 258. The number of aryl methyl sites for hydroxylation is 1. The van der Waals surface area contributed by atoms with E-state index in [1.807, 2.05) is 12.1 Å². The average molecular weight is 185 g/mol. The molecule has 1 rings (SSSR count). The molecule has 1 nitrogen and oxygen atoms in total. The third-order valence-electron chi connectivity index (χ3n) is 1.88. The van der Waals surface area contributed by atoms with Crippen molar-refractivity contribution in [1.82, 2.24) is 0 Å². The van der Waals surface area contributed by atoms with Gasteiger partial charge in [0.2, 0.25) is 0 Å². The molecule has 12 heavy (non-hydrogen) atoms. The van der Waals surface area contributed by atoms with Gasteiger partial charge in [-0.05, 0) is 36.6 Å². The molecule has 0 aliphatic rings. The number of rotatable bonds is 3. The second kappa shape index (κ2) is 4.48. The summed E-state index contributed by atoms with van der Waals surface area (Å²) in [5, 5.41) is 0.800. The van der Waals surface area contributed by atoms with Crippen LogP contribution < -0.4 is 0 Å². The Morgan fingerprint density at radius 1 is 1.42 bits per heavy atom. The van der Waals surface area contributed by atoms with Gasteiger partial charge in [0.05, 0.1) is 6.61 Å². The van der Waals surface area contributed by atoms with Crippen LogP contribution in [-0.4, -0.2) is 13.7 Å². The van der Waals surface area contributed by atoms with Crippen molar-refractivity contribution in [2.24, 2.45) is 0 Å². The fourth-order valence-electron chi connectivity index (χ4n) is 1.15. The fraction of sp³-hybridized carbons (Fsp3) is 0.400. The minimum Gasteiger partial charge on any atom is -0.384 e. The zero-order chi connectivity index (χ0) is 8.97. The van der Waals surface area contributed by atoms with Gasteiger partial charge in [0.1, 0.15) is 0 Å². The van der Waals surface area contributed by atoms with Gasteiger partial charge in [-0.15, -0.1) is 0 Å². The van der Waals surface area contributed by atoms with E-state index in [0.29, 0.717) is 0 Å². The highest BCUT2D eigenvalue weighted by Crippen LogP contribution is 2.15. The smallest absolute Gasteiger partial charge is 0.0502 e. The third-order valence-corrected chi connectivity index (χ3v) is 2.12. The highest BCUT2D eigenvalue weighted by molar-refractivity contribution is 6.30. The molecule has 0 N–H and O–H groups in total. The second-order valence-corrected chi connectivity index (χ2v) is 3.25. The summed E-state index contributed by atoms with van der Waals surface area (Å²) in [6, 6.07) is 5.95. The number of hydrogen-bond donors (Lipinski definition) is 0. The lowest BCUT2D eigenvalue weighted by Gasteiger charge is -2.04. The van der Waals surface area contributed by atoms with Gasteiger partial charge in [0.25, 0.3) is 0 Å². The molecule has 0 radical (unpaired) electrons. The number of ether oxygens (including phenoxy) is 1. The third kappa shape index (κ3) is 2.50. The van der Waals surface area contributed by atoms with Crippen LogP contribution in [0.1, 0.15) is 11.1 Å². The Labute approximate surface area is 78.3 Å². The van der Waals surface area contributed by atoms with E-state index < -0.39 is 0 Å². The Kier molecular flexibility index (Phi) is 3.57. The summed E-state index contributed by atoms with van der Waals surface area (Å²) in [4.78, 5) is 0. The molecule has 0 saturated carbocycles. The van der Waals surface area contributed by atoms with Gasteiger partial charge in [-0.1, -0.05) is 17.7 Å². The SMILES string of the molecule is COCCc1ccc(Cl)cc1C. The highest BCUT2D eigenvalue weighted by atomic mass is 35.5. The number of hydrogen-bond acceptors (Lipinski definition) is 1. The molecule has 0 spiro atoms. The highest BCUT2D eigenvalue weighted by Gasteiger charge is 1.97. The van der Waals surface area contributed by atoms with Gasteiger partial charge in [0.15, 0.2) is 0 Å². The first kappa shape index (κ1) is 9.56. The quantitative estimate of drug-likeness (QED) is 0.702. The van der Waals surface area contributed by atoms with E-state index in [0.717, 1.165) is 18.1 Å². The summed E-state index contributed by atoms with van der Waals surface area (Å²) in [5.41, 5.74) is 2.54. The first-order valence-electron chi connectivity index (χ1n) is 3.98. The van der Waals surface area contributed by atoms with Gasteiger partial charge >= 0.3 is 0 Å². The number of halogens is 1. The molecule has 2 heteroatoms. The van der Waals surface area contributed by atoms with E-state index in [-0.39, 0.29) is 0 Å². The fourth-order valence-corrected chi connectivity index (χ4v) is 1.38. The van der Waals surface area contributed by atoms with E-state index in [1.54, 1.807) is 7.11 Å². The Morgan fingerprint density at radius 3 is 2.75 bits per heavy atom. The lowest BCUT2D eigenvalue weighted by atomic mass is 10.1. The summed E-state index contributed by atoms with van der Waals surface area (Å²) < 4.78 is 5.00. The van der Waals surface area contributed by atoms with Crippen molar-refractivity contribution in [3.8, 4) is 0 Å². The zero-order valence-corrected chi connectivity index (χ0v) is 8.19. The molecule has 0 aromatic heterocycles. The molecule has 1 aromatic rings. The Balaban J connectivity index is 2.72. The molecule has 0 heterocycles. The molecular formula is C10H13ClO. The minimum atomic E-state index is 0.766. The topological polar surface area (TPSA) is 9.23 Å². The molecule has 0 amide bonds. The maximum Gasteiger partial charge on any atom is 0.0502 e. The van der Waals surface area contributed by atoms with Crippen LogP contribution >= 0.6 is 11.6 Å². The van der Waals surface area contributed by atoms with Crippen LogP contribution in [0.25, 0.3) is 0 Å². The van der Waals surface area contributed by atoms with Crippen LogP contribution in [0.3, 0.4) is 0 Å². The lowest BCUT2D eigenvalue weighted by molar-refractivity contribution is 0.202. The number of methoxy groups -OCH3 is 1. The molecule has 1 aromatic carbocycles. The maximum atomic E-state index is 5.82. The first-order chi connectivity index (χ1) is 5.74. The minimum absolute atomic E-state index is 0.766. The van der Waals surface area contributed by atoms with Crippen LogP contribution in [-0.2, 0) is 11.2 Å². The Morgan fingerprint density at radius 2 is 2.17 bits per heavy atom. The monoisotopic (exact) mass is 184 g/mol. The van der Waals surface area contributed by atoms with Crippen molar-refractivity contribution in [3.05, 3.63) is 34.3 Å². The predicted molar refractivity (Wildman–Crippen MR) is 51.8 cm³/mol. The summed E-state index contributed by atoms with van der Waals surface area (Å²) in [7, 11) is 1.71. The molecule has 0 bridgehead atoms. The summed E-state index contributed by atoms with van der Waals surface area (Å²) in [6.07, 6.45) is 0.958. The van der Waals surface area contributed by atoms with Crippen LogP contribution in [0.2, 0.25) is 5.02 Å². The number of benzene rings is 1. The van der Waals surface area contributed by atoms with Crippen molar-refractivity contribution in [2.45, 2.75) is 13.3 Å². The lowest BCUT2D eigenvalue weighted by Crippen LogP contribution is -1.96. The average Bonchev–Trinajstić information content (AvgIpc) is 2.03. The van der Waals surface area contributed by atoms with Crippen molar-refractivity contribution in [3.63, 3.8) is 0 Å². The molecule has 0 unspecified atom stereocenters.